The highest BCUT2D eigenvalue weighted by Gasteiger charge is 2.35. The number of rotatable bonds is 5. The van der Waals surface area contributed by atoms with Crippen molar-refractivity contribution in [1.82, 2.24) is 20.0 Å². The fourth-order valence-corrected chi connectivity index (χ4v) is 3.54. The van der Waals surface area contributed by atoms with E-state index in [4.69, 9.17) is 9.26 Å². The number of carbonyl (C=O) groups excluding carboxylic acids is 1. The van der Waals surface area contributed by atoms with Crippen LogP contribution in [-0.4, -0.2) is 64.4 Å². The van der Waals surface area contributed by atoms with Gasteiger partial charge in [-0.15, -0.1) is 0 Å². The normalized spacial score (nSPS) is 19.3. The number of aryl methyl sites for hydroxylation is 1. The van der Waals surface area contributed by atoms with E-state index in [9.17, 15) is 13.6 Å². The Hall–Kier alpha value is -2.98. The summed E-state index contributed by atoms with van der Waals surface area (Å²) in [4.78, 5) is 21.7. The van der Waals surface area contributed by atoms with Crippen LogP contribution in [0.5, 0.6) is 5.75 Å². The third-order valence-corrected chi connectivity index (χ3v) is 5.20. The Bertz CT molecular complexity index is 906. The number of hydrogen-bond donors (Lipinski definition) is 1. The summed E-state index contributed by atoms with van der Waals surface area (Å²) < 4.78 is 42.7. The Kier molecular flexibility index (Phi) is 5.44. The first-order valence-corrected chi connectivity index (χ1v) is 9.78. The molecule has 4 rings (SSSR count). The average Bonchev–Trinajstić information content (AvgIpc) is 3.12. The van der Waals surface area contributed by atoms with Crippen molar-refractivity contribution in [2.75, 3.05) is 25.5 Å². The van der Waals surface area contributed by atoms with Crippen LogP contribution in [0.4, 0.5) is 19.4 Å². The van der Waals surface area contributed by atoms with Crippen LogP contribution in [0, 0.1) is 6.92 Å². The monoisotopic (exact) mass is 423 g/mol. The number of alkyl halides is 2. The molecular weight excluding hydrogens is 400 g/mol. The van der Waals surface area contributed by atoms with Gasteiger partial charge in [-0.05, 0) is 19.8 Å². The largest absolute Gasteiger partial charge is 0.486 e. The molecule has 2 fully saturated rings. The summed E-state index contributed by atoms with van der Waals surface area (Å²) in [5.74, 6) is -0.902. The van der Waals surface area contributed by atoms with Crippen LogP contribution < -0.4 is 10.1 Å². The minimum Gasteiger partial charge on any atom is -0.486 e. The first kappa shape index (κ1) is 20.3. The van der Waals surface area contributed by atoms with Gasteiger partial charge in [0.25, 0.3) is 5.89 Å². The molecule has 1 saturated heterocycles. The van der Waals surface area contributed by atoms with Crippen LogP contribution in [0.2, 0.25) is 0 Å². The number of ether oxygens (including phenoxy) is 2. The van der Waals surface area contributed by atoms with E-state index in [2.05, 4.69) is 25.2 Å². The number of amides is 1. The fourth-order valence-electron chi connectivity index (χ4n) is 3.54. The van der Waals surface area contributed by atoms with Crippen molar-refractivity contribution >= 4 is 11.9 Å². The van der Waals surface area contributed by atoms with Gasteiger partial charge in [0.05, 0.1) is 20.2 Å². The average molecular weight is 423 g/mol. The summed E-state index contributed by atoms with van der Waals surface area (Å²) in [6, 6.07) is 3.27. The molecule has 2 aromatic rings. The van der Waals surface area contributed by atoms with E-state index in [1.807, 2.05) is 0 Å². The van der Waals surface area contributed by atoms with Gasteiger partial charge in [-0.1, -0.05) is 5.16 Å². The Morgan fingerprint density at radius 1 is 1.27 bits per heavy atom. The van der Waals surface area contributed by atoms with Crippen molar-refractivity contribution in [3.8, 4) is 17.3 Å². The summed E-state index contributed by atoms with van der Waals surface area (Å²) in [5, 5.41) is 7.00. The molecule has 0 spiro atoms. The van der Waals surface area contributed by atoms with Crippen LogP contribution in [0.15, 0.2) is 16.7 Å². The maximum Gasteiger partial charge on any atom is 0.409 e. The van der Waals surface area contributed by atoms with Gasteiger partial charge in [0.15, 0.2) is 5.82 Å². The number of pyridine rings is 1. The molecule has 1 N–H and O–H groups in total. The molecule has 0 atom stereocenters. The highest BCUT2D eigenvalue weighted by molar-refractivity contribution is 5.68. The molecule has 30 heavy (non-hydrogen) atoms. The Morgan fingerprint density at radius 2 is 2.00 bits per heavy atom. The van der Waals surface area contributed by atoms with Gasteiger partial charge in [0.1, 0.15) is 23.4 Å². The quantitative estimate of drug-likeness (QED) is 0.782. The SMILES string of the molecule is COC(=O)N1CC(Oc2cc(NC3CCC(F)(F)CC3)nc(-c3nc(C)no3)c2)C1. The molecule has 1 aliphatic carbocycles. The Labute approximate surface area is 171 Å². The lowest BCUT2D eigenvalue weighted by molar-refractivity contribution is -0.0361. The van der Waals surface area contributed by atoms with Gasteiger partial charge in [-0.25, -0.2) is 18.6 Å². The van der Waals surface area contributed by atoms with Crippen LogP contribution >= 0.6 is 0 Å². The summed E-state index contributed by atoms with van der Waals surface area (Å²) in [5.41, 5.74) is 0.417. The minimum absolute atomic E-state index is 0.108. The van der Waals surface area contributed by atoms with Gasteiger partial charge >= 0.3 is 6.09 Å². The number of likely N-dealkylation sites (tertiary alicyclic amines) is 1. The van der Waals surface area contributed by atoms with E-state index in [1.54, 1.807) is 19.1 Å². The summed E-state index contributed by atoms with van der Waals surface area (Å²) in [6.07, 6.45) is -0.186. The van der Waals surface area contributed by atoms with E-state index in [0.29, 0.717) is 49.0 Å². The van der Waals surface area contributed by atoms with Crippen molar-refractivity contribution in [1.29, 1.82) is 0 Å². The third kappa shape index (κ3) is 4.60. The van der Waals surface area contributed by atoms with E-state index in [1.165, 1.54) is 12.0 Å². The van der Waals surface area contributed by atoms with Crippen LogP contribution in [0.25, 0.3) is 11.6 Å². The minimum atomic E-state index is -2.60. The predicted octanol–water partition coefficient (Wildman–Crippen LogP) is 3.26. The lowest BCUT2D eigenvalue weighted by Crippen LogP contribution is -2.56. The molecule has 1 amide bonds. The predicted molar refractivity (Wildman–Crippen MR) is 101 cm³/mol. The molecular formula is C19H23F2N5O4. The van der Waals surface area contributed by atoms with Gasteiger partial charge < -0.3 is 24.2 Å². The smallest absolute Gasteiger partial charge is 0.409 e. The first-order chi connectivity index (χ1) is 14.3. The molecule has 9 nitrogen and oxygen atoms in total. The van der Waals surface area contributed by atoms with Gasteiger partial charge in [0.2, 0.25) is 5.92 Å². The summed E-state index contributed by atoms with van der Waals surface area (Å²) in [7, 11) is 1.33. The van der Waals surface area contributed by atoms with Crippen LogP contribution in [0.1, 0.15) is 31.5 Å². The highest BCUT2D eigenvalue weighted by atomic mass is 19.3. The zero-order valence-corrected chi connectivity index (χ0v) is 16.7. The summed E-state index contributed by atoms with van der Waals surface area (Å²) in [6.45, 7) is 2.51. The Balaban J connectivity index is 1.49. The molecule has 0 bridgehead atoms. The Morgan fingerprint density at radius 3 is 2.63 bits per heavy atom. The van der Waals surface area contributed by atoms with E-state index in [0.717, 1.165) is 0 Å². The van der Waals surface area contributed by atoms with Crippen molar-refractivity contribution in [2.45, 2.75) is 50.7 Å². The zero-order valence-electron chi connectivity index (χ0n) is 16.7. The second-order valence-electron chi connectivity index (χ2n) is 7.61. The number of nitrogens with zero attached hydrogens (tertiary/aromatic N) is 4. The molecule has 2 aromatic heterocycles. The van der Waals surface area contributed by atoms with Gasteiger partial charge in [-0.2, -0.15) is 4.98 Å². The number of nitrogens with one attached hydrogen (secondary N) is 1. The second-order valence-corrected chi connectivity index (χ2v) is 7.61. The van der Waals surface area contributed by atoms with Crippen molar-refractivity contribution in [2.24, 2.45) is 0 Å². The maximum absolute atomic E-state index is 13.4. The van der Waals surface area contributed by atoms with E-state index in [-0.39, 0.29) is 30.9 Å². The molecule has 3 heterocycles. The molecule has 1 saturated carbocycles. The highest BCUT2D eigenvalue weighted by Crippen LogP contribution is 2.35. The molecule has 0 aromatic carbocycles. The molecule has 162 valence electrons. The number of aromatic nitrogens is 3. The van der Waals surface area contributed by atoms with Crippen molar-refractivity contribution in [3.05, 3.63) is 18.0 Å². The van der Waals surface area contributed by atoms with Crippen LogP contribution in [-0.2, 0) is 4.74 Å². The molecule has 0 radical (unpaired) electrons. The lowest BCUT2D eigenvalue weighted by Gasteiger charge is -2.37. The summed E-state index contributed by atoms with van der Waals surface area (Å²) >= 11 is 0. The molecule has 11 heteroatoms. The number of methoxy groups -OCH3 is 1. The van der Waals surface area contributed by atoms with Gasteiger partial charge in [0, 0.05) is 31.0 Å². The number of anilines is 1. The third-order valence-electron chi connectivity index (χ3n) is 5.20. The number of carbonyl (C=O) groups is 1. The maximum atomic E-state index is 13.4. The van der Waals surface area contributed by atoms with Gasteiger partial charge in [-0.3, -0.25) is 0 Å². The number of halogens is 2. The van der Waals surface area contributed by atoms with Crippen molar-refractivity contribution < 1.29 is 27.6 Å². The first-order valence-electron chi connectivity index (χ1n) is 9.78. The van der Waals surface area contributed by atoms with E-state index < -0.39 is 12.0 Å². The molecule has 2 aliphatic rings. The van der Waals surface area contributed by atoms with Crippen LogP contribution in [0.3, 0.4) is 0 Å². The zero-order chi connectivity index (χ0) is 21.3. The lowest BCUT2D eigenvalue weighted by atomic mass is 9.92. The fraction of sp³-hybridized carbons (Fsp3) is 0.579. The number of hydrogen-bond acceptors (Lipinski definition) is 8. The van der Waals surface area contributed by atoms with E-state index >= 15 is 0 Å². The standard InChI is InChI=1S/C19H23F2N5O4/c1-11-22-17(30-25-11)15-7-13(29-14-9-26(10-14)18(27)28-2)8-16(24-15)23-12-3-5-19(20,21)6-4-12/h7-8,12,14H,3-6,9-10H2,1-2H3,(H,23,24). The topological polar surface area (TPSA) is 103 Å². The molecule has 0 unspecified atom stereocenters. The second kappa shape index (κ2) is 8.04. The van der Waals surface area contributed by atoms with Crippen molar-refractivity contribution in [3.63, 3.8) is 0 Å². The molecule has 1 aliphatic heterocycles.